The van der Waals surface area contributed by atoms with Gasteiger partial charge in [-0.2, -0.15) is 17.5 Å². The molecule has 0 aromatic heterocycles. The number of aliphatic carboxylic acids is 1. The summed E-state index contributed by atoms with van der Waals surface area (Å²) in [7, 11) is -3.80. The highest BCUT2D eigenvalue weighted by atomic mass is 32.2. The molecule has 0 bridgehead atoms. The second-order valence-corrected chi connectivity index (χ2v) is 9.66. The van der Waals surface area contributed by atoms with Gasteiger partial charge < -0.3 is 10.0 Å². The third kappa shape index (κ3) is 4.14. The van der Waals surface area contributed by atoms with Gasteiger partial charge in [0.05, 0.1) is 16.4 Å². The van der Waals surface area contributed by atoms with E-state index in [0.29, 0.717) is 37.2 Å². The number of nitrogens with zero attached hydrogens (tertiary/aromatic N) is 2. The molecule has 1 aliphatic heterocycles. The quantitative estimate of drug-likeness (QED) is 0.767. The normalized spacial score (nSPS) is 20.0. The molecule has 4 rings (SSSR count). The number of alkyl halides is 3. The third-order valence-electron chi connectivity index (χ3n) is 5.93. The third-order valence-corrected chi connectivity index (χ3v) is 7.82. The number of piperazine rings is 1. The Balaban J connectivity index is 1.47. The minimum absolute atomic E-state index is 0.0716. The Morgan fingerprint density at radius 3 is 2.23 bits per heavy atom. The van der Waals surface area contributed by atoms with E-state index in [1.165, 1.54) is 28.6 Å². The van der Waals surface area contributed by atoms with Gasteiger partial charge in [0, 0.05) is 31.9 Å². The molecular formula is C21H21F3N2O4S. The van der Waals surface area contributed by atoms with Crippen LogP contribution in [0.4, 0.5) is 18.9 Å². The van der Waals surface area contributed by atoms with Crippen molar-refractivity contribution in [2.45, 2.75) is 29.8 Å². The molecule has 0 saturated carbocycles. The van der Waals surface area contributed by atoms with E-state index in [0.717, 1.165) is 17.7 Å². The lowest BCUT2D eigenvalue weighted by Crippen LogP contribution is -2.48. The van der Waals surface area contributed by atoms with Crippen molar-refractivity contribution in [2.75, 3.05) is 31.1 Å². The summed E-state index contributed by atoms with van der Waals surface area (Å²) in [6.45, 7) is 1.05. The lowest BCUT2D eigenvalue weighted by molar-refractivity contribution is -0.139. The predicted octanol–water partition coefficient (Wildman–Crippen LogP) is 3.33. The summed E-state index contributed by atoms with van der Waals surface area (Å²) in [5.41, 5.74) is 1.29. The molecule has 0 amide bonds. The summed E-state index contributed by atoms with van der Waals surface area (Å²) in [6.07, 6.45) is -3.33. The van der Waals surface area contributed by atoms with E-state index in [9.17, 15) is 31.5 Å². The van der Waals surface area contributed by atoms with Crippen molar-refractivity contribution in [1.82, 2.24) is 4.31 Å². The fourth-order valence-corrected chi connectivity index (χ4v) is 5.65. The molecule has 1 N–H and O–H groups in total. The number of hydrogen-bond acceptors (Lipinski definition) is 4. The molecular weight excluding hydrogens is 433 g/mol. The number of carboxylic acid groups (broad SMARTS) is 1. The lowest BCUT2D eigenvalue weighted by atomic mass is 10.0. The van der Waals surface area contributed by atoms with Gasteiger partial charge in [0.15, 0.2) is 0 Å². The minimum Gasteiger partial charge on any atom is -0.481 e. The van der Waals surface area contributed by atoms with Gasteiger partial charge in [-0.3, -0.25) is 4.79 Å². The van der Waals surface area contributed by atoms with Crippen molar-refractivity contribution in [3.8, 4) is 0 Å². The number of aryl methyl sites for hydroxylation is 1. The molecule has 1 saturated heterocycles. The Hall–Kier alpha value is -2.59. The maximum absolute atomic E-state index is 13.1. The largest absolute Gasteiger partial charge is 0.481 e. The minimum atomic E-state index is -4.40. The summed E-state index contributed by atoms with van der Waals surface area (Å²) in [4.78, 5) is 13.4. The highest BCUT2D eigenvalue weighted by molar-refractivity contribution is 7.89. The Bertz CT molecular complexity index is 1090. The van der Waals surface area contributed by atoms with E-state index < -0.39 is 33.7 Å². The van der Waals surface area contributed by atoms with E-state index in [1.54, 1.807) is 6.07 Å². The van der Waals surface area contributed by atoms with Gasteiger partial charge in [-0.1, -0.05) is 6.07 Å². The summed E-state index contributed by atoms with van der Waals surface area (Å²) in [6, 6.07) is 9.48. The second-order valence-electron chi connectivity index (χ2n) is 7.73. The van der Waals surface area contributed by atoms with Crippen molar-refractivity contribution >= 4 is 21.7 Å². The topological polar surface area (TPSA) is 77.9 Å². The van der Waals surface area contributed by atoms with E-state index >= 15 is 0 Å². The van der Waals surface area contributed by atoms with Crippen LogP contribution in [-0.4, -0.2) is 50.0 Å². The molecule has 2 aromatic carbocycles. The Morgan fingerprint density at radius 1 is 1.00 bits per heavy atom. The lowest BCUT2D eigenvalue weighted by Gasteiger charge is -2.35. The van der Waals surface area contributed by atoms with Crippen molar-refractivity contribution in [2.24, 2.45) is 0 Å². The first-order chi connectivity index (χ1) is 14.6. The first-order valence-corrected chi connectivity index (χ1v) is 11.3. The highest BCUT2D eigenvalue weighted by Gasteiger charge is 2.34. The Kier molecular flexibility index (Phi) is 5.47. The number of benzene rings is 2. The van der Waals surface area contributed by atoms with E-state index in [1.807, 2.05) is 4.90 Å². The highest BCUT2D eigenvalue weighted by Crippen LogP contribution is 2.36. The maximum atomic E-state index is 13.1. The molecule has 0 radical (unpaired) electrons. The van der Waals surface area contributed by atoms with Crippen LogP contribution in [0.25, 0.3) is 0 Å². The number of fused-ring (bicyclic) bond motifs is 1. The molecule has 1 unspecified atom stereocenters. The van der Waals surface area contributed by atoms with Crippen molar-refractivity contribution in [3.63, 3.8) is 0 Å². The smallest absolute Gasteiger partial charge is 0.416 e. The van der Waals surface area contributed by atoms with Gasteiger partial charge in [-0.05, 0) is 60.4 Å². The average Bonchev–Trinajstić information content (AvgIpc) is 3.17. The van der Waals surface area contributed by atoms with Gasteiger partial charge >= 0.3 is 12.1 Å². The molecule has 10 heteroatoms. The first kappa shape index (κ1) is 21.6. The molecule has 31 heavy (non-hydrogen) atoms. The van der Waals surface area contributed by atoms with Crippen LogP contribution < -0.4 is 4.90 Å². The van der Waals surface area contributed by atoms with Crippen LogP contribution in [-0.2, 0) is 27.4 Å². The fraction of sp³-hybridized carbons (Fsp3) is 0.381. The number of rotatable bonds is 4. The summed E-state index contributed by atoms with van der Waals surface area (Å²) < 4.78 is 65.7. The van der Waals surface area contributed by atoms with Crippen LogP contribution in [0.5, 0.6) is 0 Å². The number of anilines is 1. The molecule has 1 heterocycles. The molecule has 1 aliphatic carbocycles. The molecule has 0 spiro atoms. The zero-order chi connectivity index (χ0) is 22.4. The summed E-state index contributed by atoms with van der Waals surface area (Å²) >= 11 is 0. The van der Waals surface area contributed by atoms with Gasteiger partial charge in [-0.25, -0.2) is 8.42 Å². The molecule has 166 valence electrons. The predicted molar refractivity (Wildman–Crippen MR) is 108 cm³/mol. The first-order valence-electron chi connectivity index (χ1n) is 9.85. The maximum Gasteiger partial charge on any atom is 0.416 e. The second kappa shape index (κ2) is 7.83. The van der Waals surface area contributed by atoms with Crippen LogP contribution in [0.15, 0.2) is 47.4 Å². The zero-order valence-electron chi connectivity index (χ0n) is 16.5. The van der Waals surface area contributed by atoms with Gasteiger partial charge in [-0.15, -0.1) is 0 Å². The summed E-state index contributed by atoms with van der Waals surface area (Å²) in [5, 5.41) is 9.37. The Labute approximate surface area is 177 Å². The molecule has 2 aromatic rings. The van der Waals surface area contributed by atoms with Crippen molar-refractivity contribution in [3.05, 3.63) is 59.2 Å². The molecule has 1 atom stereocenters. The van der Waals surface area contributed by atoms with Gasteiger partial charge in [0.1, 0.15) is 0 Å². The van der Waals surface area contributed by atoms with E-state index in [4.69, 9.17) is 0 Å². The van der Waals surface area contributed by atoms with Crippen molar-refractivity contribution < 1.29 is 31.5 Å². The molecule has 6 nitrogen and oxygen atoms in total. The standard InChI is InChI=1S/C21H21F3N2O4S/c22-21(23,24)15-3-5-16(6-4-15)25-9-11-26(12-10-25)31(29,30)17-7-1-14-2-8-18(20(27)28)19(14)13-17/h1,3-7,13,18H,2,8-12H2,(H,27,28). The molecule has 1 fully saturated rings. The monoisotopic (exact) mass is 454 g/mol. The van der Waals surface area contributed by atoms with E-state index in [-0.39, 0.29) is 18.0 Å². The number of halogens is 3. The van der Waals surface area contributed by atoms with E-state index in [2.05, 4.69) is 0 Å². The Morgan fingerprint density at radius 2 is 1.65 bits per heavy atom. The van der Waals surface area contributed by atoms with Crippen LogP contribution in [0, 0.1) is 0 Å². The summed E-state index contributed by atoms with van der Waals surface area (Å²) in [5.74, 6) is -1.65. The van der Waals surface area contributed by atoms with Crippen LogP contribution in [0.1, 0.15) is 29.0 Å². The number of hydrogen-bond donors (Lipinski definition) is 1. The zero-order valence-corrected chi connectivity index (χ0v) is 17.3. The number of carbonyl (C=O) groups is 1. The van der Waals surface area contributed by atoms with Crippen LogP contribution >= 0.6 is 0 Å². The molecule has 2 aliphatic rings. The van der Waals surface area contributed by atoms with Crippen molar-refractivity contribution in [1.29, 1.82) is 0 Å². The van der Waals surface area contributed by atoms with Crippen LogP contribution in [0.2, 0.25) is 0 Å². The number of carboxylic acids is 1. The van der Waals surface area contributed by atoms with Gasteiger partial charge in [0.2, 0.25) is 10.0 Å². The number of sulfonamides is 1. The fourth-order valence-electron chi connectivity index (χ4n) is 4.19. The SMILES string of the molecule is O=C(O)C1CCc2ccc(S(=O)(=O)N3CCN(c4ccc(C(F)(F)F)cc4)CC3)cc21. The average molecular weight is 454 g/mol. The van der Waals surface area contributed by atoms with Gasteiger partial charge in [0.25, 0.3) is 0 Å². The van der Waals surface area contributed by atoms with Crippen LogP contribution in [0.3, 0.4) is 0 Å².